The highest BCUT2D eigenvalue weighted by molar-refractivity contribution is 9.10. The molecule has 0 bridgehead atoms. The second-order valence-electron chi connectivity index (χ2n) is 4.59. The minimum Gasteiger partial charge on any atom is -0.313 e. The van der Waals surface area contributed by atoms with Crippen LogP contribution >= 0.6 is 15.9 Å². The Balaban J connectivity index is 2.34. The van der Waals surface area contributed by atoms with Gasteiger partial charge in [-0.2, -0.15) is 0 Å². The van der Waals surface area contributed by atoms with Crippen molar-refractivity contribution >= 4 is 15.9 Å². The zero-order valence-corrected chi connectivity index (χ0v) is 12.6. The first-order valence-electron chi connectivity index (χ1n) is 6.18. The number of rotatable bonds is 4. The van der Waals surface area contributed by atoms with E-state index >= 15 is 0 Å². The molecule has 0 radical (unpaired) electrons. The third kappa shape index (κ3) is 3.63. The van der Waals surface area contributed by atoms with Gasteiger partial charge in [-0.25, -0.2) is 17.6 Å². The van der Waals surface area contributed by atoms with E-state index in [2.05, 4.69) is 21.2 Å². The van der Waals surface area contributed by atoms with Crippen molar-refractivity contribution in [3.8, 4) is 0 Å². The molecule has 2 aromatic carbocycles. The Morgan fingerprint density at radius 1 is 1.05 bits per heavy atom. The Morgan fingerprint density at radius 3 is 2.38 bits per heavy atom. The third-order valence-corrected chi connectivity index (χ3v) is 3.61. The second-order valence-corrected chi connectivity index (χ2v) is 5.50. The van der Waals surface area contributed by atoms with Gasteiger partial charge < -0.3 is 5.32 Å². The van der Waals surface area contributed by atoms with Crippen LogP contribution in [0.3, 0.4) is 0 Å². The van der Waals surface area contributed by atoms with E-state index in [0.29, 0.717) is 10.0 Å². The maximum Gasteiger partial charge on any atom is 0.194 e. The van der Waals surface area contributed by atoms with Gasteiger partial charge in [-0.3, -0.25) is 0 Å². The minimum atomic E-state index is -1.51. The summed E-state index contributed by atoms with van der Waals surface area (Å²) in [6.45, 7) is 0. The largest absolute Gasteiger partial charge is 0.313 e. The van der Waals surface area contributed by atoms with Crippen molar-refractivity contribution < 1.29 is 17.6 Å². The van der Waals surface area contributed by atoms with Gasteiger partial charge in [0.15, 0.2) is 17.5 Å². The average Bonchev–Trinajstić information content (AvgIpc) is 2.42. The molecule has 0 saturated heterocycles. The Kier molecular flexibility index (Phi) is 5.00. The molecule has 0 spiro atoms. The number of hydrogen-bond acceptors (Lipinski definition) is 1. The summed E-state index contributed by atoms with van der Waals surface area (Å²) in [4.78, 5) is 0. The van der Waals surface area contributed by atoms with Crippen LogP contribution in [0.5, 0.6) is 0 Å². The highest BCUT2D eigenvalue weighted by Crippen LogP contribution is 2.25. The summed E-state index contributed by atoms with van der Waals surface area (Å²) < 4.78 is 54.0. The Hall–Kier alpha value is -1.40. The van der Waals surface area contributed by atoms with E-state index in [1.54, 1.807) is 13.1 Å². The highest BCUT2D eigenvalue weighted by atomic mass is 79.9. The van der Waals surface area contributed by atoms with Gasteiger partial charge in [0, 0.05) is 16.1 Å². The summed E-state index contributed by atoms with van der Waals surface area (Å²) in [5.74, 6) is -4.41. The Labute approximate surface area is 128 Å². The summed E-state index contributed by atoms with van der Waals surface area (Å²) in [5.41, 5.74) is 0.599. The van der Waals surface area contributed by atoms with E-state index < -0.39 is 29.3 Å². The van der Waals surface area contributed by atoms with Crippen molar-refractivity contribution in [2.24, 2.45) is 0 Å². The molecule has 2 rings (SSSR count). The quantitative estimate of drug-likeness (QED) is 0.624. The predicted molar refractivity (Wildman–Crippen MR) is 75.9 cm³/mol. The molecular weight excluding hydrogens is 350 g/mol. The molecule has 0 aliphatic rings. The number of likely N-dealkylation sites (N-methyl/N-ethyl adjacent to an activating group) is 1. The van der Waals surface area contributed by atoms with E-state index in [1.807, 2.05) is 0 Å². The molecule has 1 N–H and O–H groups in total. The fraction of sp³-hybridized carbons (Fsp3) is 0.200. The fourth-order valence-corrected chi connectivity index (χ4v) is 2.65. The summed E-state index contributed by atoms with van der Waals surface area (Å²) in [6.07, 6.45) is 0.231. The SMILES string of the molecule is CNC(Cc1cc(F)cc(Br)c1)c1ccc(F)c(F)c1F. The van der Waals surface area contributed by atoms with Gasteiger partial charge in [0.05, 0.1) is 0 Å². The topological polar surface area (TPSA) is 12.0 Å². The molecule has 2 aromatic rings. The molecule has 112 valence electrons. The summed E-state index contributed by atoms with van der Waals surface area (Å²) in [7, 11) is 1.57. The number of halogens is 5. The molecule has 0 fully saturated rings. The maximum atomic E-state index is 13.8. The summed E-state index contributed by atoms with van der Waals surface area (Å²) in [5, 5.41) is 2.83. The van der Waals surface area contributed by atoms with Crippen LogP contribution in [0.2, 0.25) is 0 Å². The molecule has 1 atom stereocenters. The molecule has 6 heteroatoms. The van der Waals surface area contributed by atoms with E-state index in [0.717, 1.165) is 6.07 Å². The fourth-order valence-electron chi connectivity index (χ4n) is 2.14. The van der Waals surface area contributed by atoms with Gasteiger partial charge in [0.2, 0.25) is 0 Å². The first-order valence-corrected chi connectivity index (χ1v) is 6.97. The zero-order chi connectivity index (χ0) is 15.6. The number of hydrogen-bond donors (Lipinski definition) is 1. The lowest BCUT2D eigenvalue weighted by Crippen LogP contribution is -2.21. The normalized spacial score (nSPS) is 12.5. The number of nitrogens with one attached hydrogen (secondary N) is 1. The molecule has 0 heterocycles. The molecule has 1 unspecified atom stereocenters. The van der Waals surface area contributed by atoms with Crippen molar-refractivity contribution in [3.05, 3.63) is 69.2 Å². The monoisotopic (exact) mass is 361 g/mol. The molecule has 1 nitrogen and oxygen atoms in total. The van der Waals surface area contributed by atoms with Crippen LogP contribution in [0.15, 0.2) is 34.8 Å². The standard InChI is InChI=1S/C15H12BrF4N/c1-21-13(6-8-4-9(16)7-10(17)5-8)11-2-3-12(18)15(20)14(11)19/h2-5,7,13,21H,6H2,1H3. The van der Waals surface area contributed by atoms with Crippen molar-refractivity contribution in [1.82, 2.24) is 5.32 Å². The van der Waals surface area contributed by atoms with Crippen LogP contribution in [0.25, 0.3) is 0 Å². The van der Waals surface area contributed by atoms with E-state index in [-0.39, 0.29) is 12.0 Å². The van der Waals surface area contributed by atoms with E-state index in [1.165, 1.54) is 18.2 Å². The van der Waals surface area contributed by atoms with Gasteiger partial charge >= 0.3 is 0 Å². The van der Waals surface area contributed by atoms with Crippen LogP contribution in [0.1, 0.15) is 17.2 Å². The summed E-state index contributed by atoms with van der Waals surface area (Å²) in [6, 6.07) is 5.76. The maximum absolute atomic E-state index is 13.8. The summed E-state index contributed by atoms with van der Waals surface area (Å²) >= 11 is 3.17. The molecule has 0 aliphatic heterocycles. The van der Waals surface area contributed by atoms with Gasteiger partial charge in [-0.15, -0.1) is 0 Å². The lowest BCUT2D eigenvalue weighted by Gasteiger charge is -2.18. The van der Waals surface area contributed by atoms with E-state index in [4.69, 9.17) is 0 Å². The van der Waals surface area contributed by atoms with Crippen molar-refractivity contribution in [2.45, 2.75) is 12.5 Å². The molecule has 0 aromatic heterocycles. The predicted octanol–water partition coefficient (Wildman–Crippen LogP) is 4.51. The van der Waals surface area contributed by atoms with Crippen LogP contribution in [-0.4, -0.2) is 7.05 Å². The van der Waals surface area contributed by atoms with Gasteiger partial charge in [0.25, 0.3) is 0 Å². The molecule has 0 aliphatic carbocycles. The first kappa shape index (κ1) is 16.0. The van der Waals surface area contributed by atoms with E-state index in [9.17, 15) is 17.6 Å². The van der Waals surface area contributed by atoms with Gasteiger partial charge in [0.1, 0.15) is 5.82 Å². The van der Waals surface area contributed by atoms with Gasteiger partial charge in [-0.1, -0.05) is 22.0 Å². The minimum absolute atomic E-state index is 0.00298. The highest BCUT2D eigenvalue weighted by Gasteiger charge is 2.20. The Morgan fingerprint density at radius 2 is 1.76 bits per heavy atom. The molecule has 21 heavy (non-hydrogen) atoms. The van der Waals surface area contributed by atoms with Crippen molar-refractivity contribution in [3.63, 3.8) is 0 Å². The van der Waals surface area contributed by atoms with Crippen LogP contribution in [0, 0.1) is 23.3 Å². The zero-order valence-electron chi connectivity index (χ0n) is 11.1. The molecular formula is C15H12BrF4N. The first-order chi connectivity index (χ1) is 9.92. The third-order valence-electron chi connectivity index (χ3n) is 3.15. The average molecular weight is 362 g/mol. The van der Waals surface area contributed by atoms with Crippen molar-refractivity contribution in [1.29, 1.82) is 0 Å². The lowest BCUT2D eigenvalue weighted by atomic mass is 9.98. The Bertz CT molecular complexity index is 640. The molecule has 0 saturated carbocycles. The lowest BCUT2D eigenvalue weighted by molar-refractivity contribution is 0.428. The van der Waals surface area contributed by atoms with Gasteiger partial charge in [-0.05, 0) is 43.3 Å². The smallest absolute Gasteiger partial charge is 0.194 e. The second kappa shape index (κ2) is 6.58. The van der Waals surface area contributed by atoms with Crippen LogP contribution < -0.4 is 5.32 Å². The number of benzene rings is 2. The van der Waals surface area contributed by atoms with Crippen molar-refractivity contribution in [2.75, 3.05) is 7.05 Å². The molecule has 0 amide bonds. The van der Waals surface area contributed by atoms with Crippen LogP contribution in [0.4, 0.5) is 17.6 Å². The van der Waals surface area contributed by atoms with Crippen LogP contribution in [-0.2, 0) is 6.42 Å².